The Kier molecular flexibility index (Phi) is 8.44. The summed E-state index contributed by atoms with van der Waals surface area (Å²) in [5, 5.41) is 0.730. The normalized spacial score (nSPS) is 10.8. The second kappa shape index (κ2) is 10.6. The molecule has 0 saturated heterocycles. The SMILES string of the molecule is CCOc1ccc2nc(N(CCCN(C)C)C(=O)c3cccc(C)c3)sc2c1.Cl. The third-order valence-electron chi connectivity index (χ3n) is 4.39. The number of rotatable bonds is 8. The summed E-state index contributed by atoms with van der Waals surface area (Å²) in [6.07, 6.45) is 0.880. The molecule has 29 heavy (non-hydrogen) atoms. The summed E-state index contributed by atoms with van der Waals surface area (Å²) < 4.78 is 6.62. The average Bonchev–Trinajstić information content (AvgIpc) is 3.07. The highest BCUT2D eigenvalue weighted by molar-refractivity contribution is 7.22. The van der Waals surface area contributed by atoms with Crippen LogP contribution in [0.2, 0.25) is 0 Å². The summed E-state index contributed by atoms with van der Waals surface area (Å²) in [5.41, 5.74) is 2.65. The van der Waals surface area contributed by atoms with Crippen molar-refractivity contribution in [2.24, 2.45) is 0 Å². The molecule has 5 nitrogen and oxygen atoms in total. The molecule has 3 rings (SSSR count). The molecule has 0 aliphatic heterocycles. The number of aryl methyl sites for hydroxylation is 1. The zero-order valence-corrected chi connectivity index (χ0v) is 19.0. The summed E-state index contributed by atoms with van der Waals surface area (Å²) in [5.74, 6) is 0.820. The van der Waals surface area contributed by atoms with E-state index in [1.807, 2.05) is 75.3 Å². The first kappa shape index (κ1) is 23.1. The van der Waals surface area contributed by atoms with Gasteiger partial charge in [0.1, 0.15) is 5.75 Å². The number of hydrogen-bond acceptors (Lipinski definition) is 5. The lowest BCUT2D eigenvalue weighted by Crippen LogP contribution is -2.33. The van der Waals surface area contributed by atoms with Gasteiger partial charge in [0.15, 0.2) is 5.13 Å². The Labute approximate surface area is 182 Å². The second-order valence-corrected chi connectivity index (χ2v) is 8.05. The third-order valence-corrected chi connectivity index (χ3v) is 5.43. The van der Waals surface area contributed by atoms with E-state index in [4.69, 9.17) is 9.72 Å². The molecular weight excluding hydrogens is 406 g/mol. The van der Waals surface area contributed by atoms with Gasteiger partial charge in [-0.1, -0.05) is 29.0 Å². The Morgan fingerprint density at radius 2 is 1.93 bits per heavy atom. The van der Waals surface area contributed by atoms with E-state index in [1.165, 1.54) is 11.3 Å². The molecule has 0 bridgehead atoms. The van der Waals surface area contributed by atoms with Gasteiger partial charge in [-0.2, -0.15) is 0 Å². The summed E-state index contributed by atoms with van der Waals surface area (Å²) in [6, 6.07) is 13.6. The van der Waals surface area contributed by atoms with E-state index in [0.717, 1.165) is 39.6 Å². The number of thiazole rings is 1. The zero-order chi connectivity index (χ0) is 20.1. The minimum atomic E-state index is -0.00783. The van der Waals surface area contributed by atoms with Crippen LogP contribution in [0.25, 0.3) is 10.2 Å². The van der Waals surface area contributed by atoms with Gasteiger partial charge in [0.2, 0.25) is 0 Å². The van der Waals surface area contributed by atoms with Crippen LogP contribution in [0.5, 0.6) is 5.75 Å². The molecule has 156 valence electrons. The molecule has 7 heteroatoms. The van der Waals surface area contributed by atoms with Crippen LogP contribution in [0.1, 0.15) is 29.3 Å². The monoisotopic (exact) mass is 433 g/mol. The number of fused-ring (bicyclic) bond motifs is 1. The van der Waals surface area contributed by atoms with Crippen LogP contribution in [0.4, 0.5) is 5.13 Å². The van der Waals surface area contributed by atoms with Crippen molar-refractivity contribution >= 4 is 45.0 Å². The Morgan fingerprint density at radius 3 is 2.62 bits per heavy atom. The van der Waals surface area contributed by atoms with Gasteiger partial charge >= 0.3 is 0 Å². The predicted octanol–water partition coefficient (Wildman–Crippen LogP) is 5.02. The van der Waals surface area contributed by atoms with Gasteiger partial charge in [-0.15, -0.1) is 12.4 Å². The molecule has 0 unspecified atom stereocenters. The van der Waals surface area contributed by atoms with Crippen LogP contribution in [0.15, 0.2) is 42.5 Å². The lowest BCUT2D eigenvalue weighted by Gasteiger charge is -2.21. The maximum atomic E-state index is 13.3. The number of aromatic nitrogens is 1. The van der Waals surface area contributed by atoms with Crippen molar-refractivity contribution in [2.75, 3.05) is 38.7 Å². The highest BCUT2D eigenvalue weighted by atomic mass is 35.5. The van der Waals surface area contributed by atoms with Crippen LogP contribution in [0.3, 0.4) is 0 Å². The fourth-order valence-corrected chi connectivity index (χ4v) is 4.05. The molecule has 0 radical (unpaired) electrons. The van der Waals surface area contributed by atoms with Crippen LogP contribution in [-0.2, 0) is 0 Å². The van der Waals surface area contributed by atoms with Gasteiger partial charge in [-0.25, -0.2) is 4.98 Å². The molecule has 1 aromatic heterocycles. The molecule has 0 N–H and O–H groups in total. The van der Waals surface area contributed by atoms with E-state index in [-0.39, 0.29) is 18.3 Å². The first-order chi connectivity index (χ1) is 13.5. The van der Waals surface area contributed by atoms with Gasteiger partial charge < -0.3 is 9.64 Å². The van der Waals surface area contributed by atoms with Gasteiger partial charge in [-0.05, 0) is 71.2 Å². The van der Waals surface area contributed by atoms with Crippen molar-refractivity contribution < 1.29 is 9.53 Å². The third kappa shape index (κ3) is 5.92. The maximum absolute atomic E-state index is 13.3. The molecule has 0 atom stereocenters. The number of carbonyl (C=O) groups is 1. The van der Waals surface area contributed by atoms with Crippen molar-refractivity contribution in [1.82, 2.24) is 9.88 Å². The van der Waals surface area contributed by atoms with Crippen molar-refractivity contribution in [3.8, 4) is 5.75 Å². The Bertz CT molecular complexity index is 958. The number of hydrogen-bond donors (Lipinski definition) is 0. The fraction of sp³-hybridized carbons (Fsp3) is 0.364. The van der Waals surface area contributed by atoms with Crippen molar-refractivity contribution in [2.45, 2.75) is 20.3 Å². The van der Waals surface area contributed by atoms with E-state index in [9.17, 15) is 4.79 Å². The van der Waals surface area contributed by atoms with Crippen LogP contribution in [-0.4, -0.2) is 49.6 Å². The van der Waals surface area contributed by atoms with Crippen LogP contribution in [0, 0.1) is 6.92 Å². The maximum Gasteiger partial charge on any atom is 0.260 e. The number of ether oxygens (including phenoxy) is 1. The standard InChI is InChI=1S/C22H27N3O2S.ClH/c1-5-27-18-10-11-19-20(15-18)28-22(23-19)25(13-7-12-24(3)4)21(26)17-9-6-8-16(2)14-17;/h6,8-11,14-15H,5,7,12-13H2,1-4H3;1H. The minimum absolute atomic E-state index is 0. The quantitative estimate of drug-likeness (QED) is 0.500. The van der Waals surface area contributed by atoms with Gasteiger partial charge in [0.05, 0.1) is 16.8 Å². The van der Waals surface area contributed by atoms with Crippen molar-refractivity contribution in [3.63, 3.8) is 0 Å². The lowest BCUT2D eigenvalue weighted by atomic mass is 10.1. The number of nitrogens with zero attached hydrogens (tertiary/aromatic N) is 3. The molecule has 0 aliphatic rings. The number of carbonyl (C=O) groups excluding carboxylic acids is 1. The average molecular weight is 434 g/mol. The predicted molar refractivity (Wildman–Crippen MR) is 124 cm³/mol. The van der Waals surface area contributed by atoms with E-state index in [1.54, 1.807) is 0 Å². The van der Waals surface area contributed by atoms with E-state index < -0.39 is 0 Å². The van der Waals surface area contributed by atoms with E-state index in [0.29, 0.717) is 18.7 Å². The first-order valence-electron chi connectivity index (χ1n) is 9.54. The highest BCUT2D eigenvalue weighted by Crippen LogP contribution is 2.32. The number of amides is 1. The second-order valence-electron chi connectivity index (χ2n) is 7.04. The summed E-state index contributed by atoms with van der Waals surface area (Å²) in [7, 11) is 4.08. The molecule has 0 fully saturated rings. The van der Waals surface area contributed by atoms with Crippen LogP contribution < -0.4 is 9.64 Å². The molecule has 1 heterocycles. The minimum Gasteiger partial charge on any atom is -0.494 e. The van der Waals surface area contributed by atoms with Gasteiger partial charge in [0.25, 0.3) is 5.91 Å². The summed E-state index contributed by atoms with van der Waals surface area (Å²) >= 11 is 1.53. The molecular formula is C22H28ClN3O2S. The number of anilines is 1. The number of benzene rings is 2. The van der Waals surface area contributed by atoms with E-state index >= 15 is 0 Å². The molecule has 2 aromatic carbocycles. The molecule has 3 aromatic rings. The lowest BCUT2D eigenvalue weighted by molar-refractivity contribution is 0.0986. The Balaban J connectivity index is 0.00000300. The van der Waals surface area contributed by atoms with Crippen molar-refractivity contribution in [3.05, 3.63) is 53.6 Å². The van der Waals surface area contributed by atoms with Gasteiger partial charge in [0, 0.05) is 12.1 Å². The number of halogens is 1. The van der Waals surface area contributed by atoms with Crippen molar-refractivity contribution in [1.29, 1.82) is 0 Å². The Hall–Kier alpha value is -2.15. The van der Waals surface area contributed by atoms with Gasteiger partial charge in [-0.3, -0.25) is 9.69 Å². The fourth-order valence-electron chi connectivity index (χ4n) is 3.03. The first-order valence-corrected chi connectivity index (χ1v) is 10.4. The summed E-state index contributed by atoms with van der Waals surface area (Å²) in [4.78, 5) is 21.9. The molecule has 0 saturated carbocycles. The molecule has 0 spiro atoms. The smallest absolute Gasteiger partial charge is 0.260 e. The highest BCUT2D eigenvalue weighted by Gasteiger charge is 2.21. The summed E-state index contributed by atoms with van der Waals surface area (Å²) in [6.45, 7) is 6.13. The largest absolute Gasteiger partial charge is 0.494 e. The molecule has 0 aliphatic carbocycles. The molecule has 1 amide bonds. The topological polar surface area (TPSA) is 45.7 Å². The zero-order valence-electron chi connectivity index (χ0n) is 17.3. The Morgan fingerprint density at radius 1 is 1.14 bits per heavy atom. The van der Waals surface area contributed by atoms with Crippen LogP contribution >= 0.6 is 23.7 Å². The van der Waals surface area contributed by atoms with E-state index in [2.05, 4.69) is 4.90 Å².